The van der Waals surface area contributed by atoms with Gasteiger partial charge in [0.2, 0.25) is 0 Å². The van der Waals surface area contributed by atoms with Crippen LogP contribution in [0.25, 0.3) is 21.9 Å². The zero-order valence-electron chi connectivity index (χ0n) is 11.6. The van der Waals surface area contributed by atoms with Crippen LogP contribution in [-0.2, 0) is 13.6 Å². The largest absolute Gasteiger partial charge is 0.382 e. The van der Waals surface area contributed by atoms with Crippen molar-refractivity contribution in [1.29, 1.82) is 0 Å². The molecular formula is C14H17N5O. The highest BCUT2D eigenvalue weighted by Crippen LogP contribution is 2.24. The summed E-state index contributed by atoms with van der Waals surface area (Å²) in [6, 6.07) is 3.81. The Bertz CT molecular complexity index is 846. The first-order chi connectivity index (χ1) is 9.65. The molecule has 0 fully saturated rings. The van der Waals surface area contributed by atoms with Crippen molar-refractivity contribution in [3.8, 4) is 0 Å². The Morgan fingerprint density at radius 1 is 1.40 bits per heavy atom. The summed E-state index contributed by atoms with van der Waals surface area (Å²) in [5, 5.41) is 5.57. The second-order valence-electron chi connectivity index (χ2n) is 4.92. The number of nitrogens with two attached hydrogens (primary N) is 1. The van der Waals surface area contributed by atoms with Gasteiger partial charge in [0.05, 0.1) is 5.52 Å². The highest BCUT2D eigenvalue weighted by molar-refractivity contribution is 6.05. The van der Waals surface area contributed by atoms with E-state index in [1.807, 2.05) is 12.1 Å². The monoisotopic (exact) mass is 271 g/mol. The maximum Gasteiger partial charge on any atom is 0.265 e. The topological polar surface area (TPSA) is 78.7 Å². The predicted octanol–water partition coefficient (Wildman–Crippen LogP) is 1.67. The molecule has 3 rings (SSSR count). The van der Waals surface area contributed by atoms with E-state index in [0.717, 1.165) is 23.7 Å². The smallest absolute Gasteiger partial charge is 0.265 e. The van der Waals surface area contributed by atoms with Crippen LogP contribution in [0, 0.1) is 0 Å². The maximum absolute atomic E-state index is 12.7. The number of hydrogen-bond donors (Lipinski definition) is 1. The third kappa shape index (κ3) is 1.68. The van der Waals surface area contributed by atoms with Crippen LogP contribution in [0.15, 0.2) is 23.1 Å². The van der Waals surface area contributed by atoms with Gasteiger partial charge in [-0.1, -0.05) is 13.3 Å². The molecule has 2 N–H and O–H groups in total. The number of nitrogens with zero attached hydrogens (tertiary/aromatic N) is 4. The lowest BCUT2D eigenvalue weighted by Crippen LogP contribution is -2.22. The first-order valence-corrected chi connectivity index (χ1v) is 6.74. The van der Waals surface area contributed by atoms with Crippen molar-refractivity contribution in [2.75, 3.05) is 5.73 Å². The molecule has 0 radical (unpaired) electrons. The van der Waals surface area contributed by atoms with Gasteiger partial charge < -0.3 is 5.73 Å². The fourth-order valence-corrected chi connectivity index (χ4v) is 2.62. The number of anilines is 1. The van der Waals surface area contributed by atoms with Gasteiger partial charge in [-0.15, -0.1) is 0 Å². The summed E-state index contributed by atoms with van der Waals surface area (Å²) >= 11 is 0. The standard InChI is InChI=1S/C14H17N5O/c1-3-4-8-19-13-9(6-5-7-16-13)11-10(14(19)20)12(15)17-18(11)2/h5-7H,3-4,8H2,1-2H3,(H2,15,17). The zero-order chi connectivity index (χ0) is 14.3. The van der Waals surface area contributed by atoms with E-state index in [1.54, 1.807) is 22.5 Å². The molecule has 0 aliphatic heterocycles. The number of fused-ring (bicyclic) bond motifs is 3. The van der Waals surface area contributed by atoms with Gasteiger partial charge in [-0.3, -0.25) is 14.0 Å². The first-order valence-electron chi connectivity index (χ1n) is 6.74. The number of pyridine rings is 2. The molecule has 0 atom stereocenters. The molecule has 0 bridgehead atoms. The van der Waals surface area contributed by atoms with E-state index in [0.29, 0.717) is 17.6 Å². The van der Waals surface area contributed by atoms with Crippen molar-refractivity contribution in [3.63, 3.8) is 0 Å². The van der Waals surface area contributed by atoms with Gasteiger partial charge >= 0.3 is 0 Å². The molecule has 3 heterocycles. The van der Waals surface area contributed by atoms with Crippen LogP contribution in [0.3, 0.4) is 0 Å². The molecule has 0 amide bonds. The number of aromatic nitrogens is 4. The van der Waals surface area contributed by atoms with Crippen LogP contribution in [-0.4, -0.2) is 19.3 Å². The minimum atomic E-state index is -0.106. The molecule has 104 valence electrons. The van der Waals surface area contributed by atoms with Crippen molar-refractivity contribution in [2.45, 2.75) is 26.3 Å². The Labute approximate surface area is 115 Å². The minimum Gasteiger partial charge on any atom is -0.382 e. The maximum atomic E-state index is 12.7. The summed E-state index contributed by atoms with van der Waals surface area (Å²) < 4.78 is 3.36. The van der Waals surface area contributed by atoms with E-state index < -0.39 is 0 Å². The summed E-state index contributed by atoms with van der Waals surface area (Å²) in [6.07, 6.45) is 3.65. The molecular weight excluding hydrogens is 254 g/mol. The van der Waals surface area contributed by atoms with Gasteiger partial charge in [0.1, 0.15) is 11.0 Å². The third-order valence-corrected chi connectivity index (χ3v) is 3.57. The summed E-state index contributed by atoms with van der Waals surface area (Å²) in [5.41, 5.74) is 7.24. The van der Waals surface area contributed by atoms with Crippen LogP contribution < -0.4 is 11.3 Å². The van der Waals surface area contributed by atoms with E-state index in [2.05, 4.69) is 17.0 Å². The molecule has 6 nitrogen and oxygen atoms in total. The van der Waals surface area contributed by atoms with E-state index in [4.69, 9.17) is 5.73 Å². The number of hydrogen-bond acceptors (Lipinski definition) is 4. The Morgan fingerprint density at radius 3 is 2.95 bits per heavy atom. The Kier molecular flexibility index (Phi) is 2.93. The van der Waals surface area contributed by atoms with Crippen molar-refractivity contribution in [3.05, 3.63) is 28.7 Å². The van der Waals surface area contributed by atoms with Crippen LogP contribution in [0.1, 0.15) is 19.8 Å². The van der Waals surface area contributed by atoms with Crippen LogP contribution >= 0.6 is 0 Å². The van der Waals surface area contributed by atoms with Crippen molar-refractivity contribution in [2.24, 2.45) is 7.05 Å². The van der Waals surface area contributed by atoms with Gasteiger partial charge in [0, 0.05) is 25.2 Å². The third-order valence-electron chi connectivity index (χ3n) is 3.57. The summed E-state index contributed by atoms with van der Waals surface area (Å²) in [6.45, 7) is 2.74. The first kappa shape index (κ1) is 12.7. The molecule has 0 aliphatic rings. The summed E-state index contributed by atoms with van der Waals surface area (Å²) in [5.74, 6) is 0.281. The lowest BCUT2D eigenvalue weighted by Gasteiger charge is -2.10. The minimum absolute atomic E-state index is 0.106. The van der Waals surface area contributed by atoms with Crippen LogP contribution in [0.2, 0.25) is 0 Å². The predicted molar refractivity (Wildman–Crippen MR) is 79.6 cm³/mol. The van der Waals surface area contributed by atoms with E-state index >= 15 is 0 Å². The highest BCUT2D eigenvalue weighted by atomic mass is 16.1. The fourth-order valence-electron chi connectivity index (χ4n) is 2.62. The molecule has 0 saturated carbocycles. The quantitative estimate of drug-likeness (QED) is 0.785. The second kappa shape index (κ2) is 4.63. The Balaban J connectivity index is 2.50. The molecule has 3 aromatic heterocycles. The average molecular weight is 271 g/mol. The van der Waals surface area contributed by atoms with Gasteiger partial charge in [-0.25, -0.2) is 4.98 Å². The van der Waals surface area contributed by atoms with Crippen LogP contribution in [0.4, 0.5) is 5.82 Å². The lowest BCUT2D eigenvalue weighted by molar-refractivity contribution is 0.630. The van der Waals surface area contributed by atoms with E-state index in [1.165, 1.54) is 0 Å². The van der Waals surface area contributed by atoms with Gasteiger partial charge in [-0.05, 0) is 18.6 Å². The Hall–Kier alpha value is -2.37. The molecule has 0 aromatic carbocycles. The van der Waals surface area contributed by atoms with E-state index in [9.17, 15) is 4.79 Å². The Morgan fingerprint density at radius 2 is 2.20 bits per heavy atom. The normalized spacial score (nSPS) is 11.5. The van der Waals surface area contributed by atoms with Gasteiger partial charge in [0.25, 0.3) is 5.56 Å². The van der Waals surface area contributed by atoms with Crippen LogP contribution in [0.5, 0.6) is 0 Å². The van der Waals surface area contributed by atoms with Crippen molar-refractivity contribution >= 4 is 27.8 Å². The number of rotatable bonds is 3. The number of nitrogen functional groups attached to an aromatic ring is 1. The number of unbranched alkanes of at least 4 members (excludes halogenated alkanes) is 1. The van der Waals surface area contributed by atoms with Gasteiger partial charge in [0.15, 0.2) is 5.82 Å². The molecule has 0 saturated heterocycles. The van der Waals surface area contributed by atoms with Crippen molar-refractivity contribution in [1.82, 2.24) is 19.3 Å². The summed E-state index contributed by atoms with van der Waals surface area (Å²) in [4.78, 5) is 17.0. The molecule has 20 heavy (non-hydrogen) atoms. The van der Waals surface area contributed by atoms with E-state index in [-0.39, 0.29) is 11.4 Å². The average Bonchev–Trinajstić information content (AvgIpc) is 2.74. The molecule has 6 heteroatoms. The molecule has 0 spiro atoms. The lowest BCUT2D eigenvalue weighted by atomic mass is 10.2. The molecule has 3 aromatic rings. The highest BCUT2D eigenvalue weighted by Gasteiger charge is 2.17. The second-order valence-corrected chi connectivity index (χ2v) is 4.92. The van der Waals surface area contributed by atoms with Gasteiger partial charge in [-0.2, -0.15) is 5.10 Å². The fraction of sp³-hybridized carbons (Fsp3) is 0.357. The number of aryl methyl sites for hydroxylation is 2. The SMILES string of the molecule is CCCCn1c(=O)c2c(N)nn(C)c2c2cccnc21. The zero-order valence-corrected chi connectivity index (χ0v) is 11.6. The van der Waals surface area contributed by atoms with Crippen molar-refractivity contribution < 1.29 is 0 Å². The molecule has 0 aliphatic carbocycles. The molecule has 0 unspecified atom stereocenters. The summed E-state index contributed by atoms with van der Waals surface area (Å²) in [7, 11) is 1.79.